The van der Waals surface area contributed by atoms with Crippen LogP contribution in [0.1, 0.15) is 22.4 Å². The third kappa shape index (κ3) is 3.58. The Balaban J connectivity index is 2.16. The highest BCUT2D eigenvalue weighted by molar-refractivity contribution is 7.98. The van der Waals surface area contributed by atoms with Gasteiger partial charge in [-0.25, -0.2) is 0 Å². The molecule has 0 saturated carbocycles. The number of amidine groups is 1. The van der Waals surface area contributed by atoms with E-state index < -0.39 is 0 Å². The number of thioether (sulfide) groups is 1. The lowest BCUT2D eigenvalue weighted by molar-refractivity contribution is 1.17. The smallest absolute Gasteiger partial charge is 0.142 e. The van der Waals surface area contributed by atoms with E-state index in [-0.39, 0.29) is 5.84 Å². The summed E-state index contributed by atoms with van der Waals surface area (Å²) in [6.45, 7) is 4.21. The van der Waals surface area contributed by atoms with Crippen LogP contribution in [0, 0.1) is 19.3 Å². The first-order chi connectivity index (χ1) is 9.06. The molecule has 0 aliphatic rings. The maximum atomic E-state index is 7.53. The second-order valence-electron chi connectivity index (χ2n) is 4.55. The van der Waals surface area contributed by atoms with Gasteiger partial charge in [-0.05, 0) is 31.5 Å². The zero-order valence-electron chi connectivity index (χ0n) is 11.1. The first-order valence-electron chi connectivity index (χ1n) is 6.05. The molecule has 1 aromatic carbocycles. The van der Waals surface area contributed by atoms with Gasteiger partial charge >= 0.3 is 0 Å². The van der Waals surface area contributed by atoms with E-state index in [0.29, 0.717) is 5.69 Å². The van der Waals surface area contributed by atoms with Gasteiger partial charge in [-0.2, -0.15) is 0 Å². The molecular weight excluding hydrogens is 254 g/mol. The van der Waals surface area contributed by atoms with Crippen LogP contribution in [0.25, 0.3) is 0 Å². The molecule has 1 aromatic heterocycles. The summed E-state index contributed by atoms with van der Waals surface area (Å²) < 4.78 is 0. The Morgan fingerprint density at radius 1 is 1.26 bits per heavy atom. The van der Waals surface area contributed by atoms with E-state index in [2.05, 4.69) is 37.0 Å². The number of aromatic nitrogens is 1. The molecule has 0 radical (unpaired) electrons. The number of benzene rings is 1. The molecule has 1 heterocycles. The number of aryl methyl sites for hydroxylation is 2. The Hall–Kier alpha value is -1.81. The number of nitrogens with two attached hydrogens (primary N) is 1. The molecule has 0 aliphatic heterocycles. The minimum absolute atomic E-state index is 0.0172. The van der Waals surface area contributed by atoms with Crippen molar-refractivity contribution in [1.82, 2.24) is 4.98 Å². The fourth-order valence-corrected chi connectivity index (χ4v) is 2.99. The van der Waals surface area contributed by atoms with Crippen LogP contribution in [0.5, 0.6) is 0 Å². The second kappa shape index (κ2) is 5.89. The number of nitrogen functional groups attached to an aromatic ring is 1. The van der Waals surface area contributed by atoms with Gasteiger partial charge in [-0.1, -0.05) is 29.3 Å². The van der Waals surface area contributed by atoms with Crippen LogP contribution in [-0.4, -0.2) is 10.8 Å². The van der Waals surface area contributed by atoms with Crippen LogP contribution in [-0.2, 0) is 5.75 Å². The highest BCUT2D eigenvalue weighted by Gasteiger charge is 2.07. The average Bonchev–Trinajstić information content (AvgIpc) is 2.35. The summed E-state index contributed by atoms with van der Waals surface area (Å²) in [4.78, 5) is 5.11. The molecule has 0 spiro atoms. The molecule has 3 N–H and O–H groups in total. The first kappa shape index (κ1) is 13.6. The highest BCUT2D eigenvalue weighted by atomic mass is 32.2. The molecule has 0 bridgehead atoms. The summed E-state index contributed by atoms with van der Waals surface area (Å²) in [5, 5.41) is 7.53. The zero-order chi connectivity index (χ0) is 13.8. The van der Waals surface area contributed by atoms with Gasteiger partial charge in [0.2, 0.25) is 0 Å². The lowest BCUT2D eigenvalue weighted by atomic mass is 10.1. The van der Waals surface area contributed by atoms with Crippen molar-refractivity contribution in [3.05, 3.63) is 58.9 Å². The Morgan fingerprint density at radius 2 is 1.95 bits per heavy atom. The fourth-order valence-electron chi connectivity index (χ4n) is 2.02. The maximum Gasteiger partial charge on any atom is 0.142 e. The minimum atomic E-state index is 0.0172. The van der Waals surface area contributed by atoms with Gasteiger partial charge < -0.3 is 5.73 Å². The molecule has 0 fully saturated rings. The Morgan fingerprint density at radius 3 is 2.58 bits per heavy atom. The van der Waals surface area contributed by atoms with Crippen molar-refractivity contribution in [3.63, 3.8) is 0 Å². The monoisotopic (exact) mass is 271 g/mol. The van der Waals surface area contributed by atoms with E-state index in [9.17, 15) is 0 Å². The van der Waals surface area contributed by atoms with E-state index in [0.717, 1.165) is 10.6 Å². The molecule has 0 atom stereocenters. The molecule has 3 nitrogen and oxygen atoms in total. The predicted octanol–water partition coefficient (Wildman–Crippen LogP) is 3.27. The van der Waals surface area contributed by atoms with E-state index in [1.165, 1.54) is 16.7 Å². The minimum Gasteiger partial charge on any atom is -0.382 e. The quantitative estimate of drug-likeness (QED) is 0.509. The van der Waals surface area contributed by atoms with Crippen molar-refractivity contribution in [2.45, 2.75) is 24.5 Å². The van der Waals surface area contributed by atoms with E-state index in [1.54, 1.807) is 18.0 Å². The van der Waals surface area contributed by atoms with Crippen LogP contribution in [0.15, 0.2) is 41.4 Å². The van der Waals surface area contributed by atoms with Crippen LogP contribution in [0.3, 0.4) is 0 Å². The summed E-state index contributed by atoms with van der Waals surface area (Å²) in [6.07, 6.45) is 1.66. The maximum absolute atomic E-state index is 7.53. The molecular formula is C15H17N3S. The SMILES string of the molecule is Cc1cc(C)cc(CSc2cccnc2C(=N)N)c1. The van der Waals surface area contributed by atoms with Crippen LogP contribution >= 0.6 is 11.8 Å². The number of hydrogen-bond acceptors (Lipinski definition) is 3. The molecule has 4 heteroatoms. The van der Waals surface area contributed by atoms with Crippen LogP contribution in [0.4, 0.5) is 0 Å². The predicted molar refractivity (Wildman–Crippen MR) is 80.7 cm³/mol. The lowest BCUT2D eigenvalue weighted by Gasteiger charge is -2.08. The van der Waals surface area contributed by atoms with Gasteiger partial charge in [-0.3, -0.25) is 10.4 Å². The molecule has 0 aliphatic carbocycles. The normalized spacial score (nSPS) is 10.4. The van der Waals surface area contributed by atoms with Gasteiger partial charge in [0.05, 0.1) is 0 Å². The van der Waals surface area contributed by atoms with Gasteiger partial charge in [0.25, 0.3) is 0 Å². The van der Waals surface area contributed by atoms with Crippen molar-refractivity contribution < 1.29 is 0 Å². The van der Waals surface area contributed by atoms with Crippen molar-refractivity contribution >= 4 is 17.6 Å². The van der Waals surface area contributed by atoms with E-state index in [1.807, 2.05) is 12.1 Å². The summed E-state index contributed by atoms with van der Waals surface area (Å²) in [6, 6.07) is 10.4. The molecule has 0 saturated heterocycles. The van der Waals surface area contributed by atoms with Gasteiger partial charge in [0.1, 0.15) is 11.5 Å². The number of nitrogens with one attached hydrogen (secondary N) is 1. The van der Waals surface area contributed by atoms with Crippen molar-refractivity contribution in [3.8, 4) is 0 Å². The zero-order valence-corrected chi connectivity index (χ0v) is 11.9. The average molecular weight is 271 g/mol. The number of nitrogens with zero attached hydrogens (tertiary/aromatic N) is 1. The molecule has 19 heavy (non-hydrogen) atoms. The molecule has 98 valence electrons. The van der Waals surface area contributed by atoms with Crippen molar-refractivity contribution in [2.75, 3.05) is 0 Å². The third-order valence-electron chi connectivity index (χ3n) is 2.70. The highest BCUT2D eigenvalue weighted by Crippen LogP contribution is 2.25. The fraction of sp³-hybridized carbons (Fsp3) is 0.200. The van der Waals surface area contributed by atoms with Gasteiger partial charge in [-0.15, -0.1) is 11.8 Å². The van der Waals surface area contributed by atoms with Gasteiger partial charge in [0.15, 0.2) is 0 Å². The topological polar surface area (TPSA) is 62.8 Å². The van der Waals surface area contributed by atoms with Gasteiger partial charge in [0, 0.05) is 16.8 Å². The molecule has 2 aromatic rings. The summed E-state index contributed by atoms with van der Waals surface area (Å²) in [5.41, 5.74) is 9.93. The molecule has 2 rings (SSSR count). The number of pyridine rings is 1. The third-order valence-corrected chi connectivity index (χ3v) is 3.82. The Bertz CT molecular complexity index is 588. The lowest BCUT2D eigenvalue weighted by Crippen LogP contribution is -2.14. The first-order valence-corrected chi connectivity index (χ1v) is 7.04. The molecule has 0 amide bonds. The van der Waals surface area contributed by atoms with Crippen molar-refractivity contribution in [1.29, 1.82) is 5.41 Å². The largest absolute Gasteiger partial charge is 0.382 e. The molecule has 0 unspecified atom stereocenters. The Kier molecular flexibility index (Phi) is 4.22. The summed E-state index contributed by atoms with van der Waals surface area (Å²) in [5.74, 6) is 0.873. The number of rotatable bonds is 4. The van der Waals surface area contributed by atoms with Crippen LogP contribution in [0.2, 0.25) is 0 Å². The second-order valence-corrected chi connectivity index (χ2v) is 5.57. The summed E-state index contributed by atoms with van der Waals surface area (Å²) in [7, 11) is 0. The van der Waals surface area contributed by atoms with Crippen LogP contribution < -0.4 is 5.73 Å². The number of hydrogen-bond donors (Lipinski definition) is 2. The standard InChI is InChI=1S/C15H17N3S/c1-10-6-11(2)8-12(7-10)9-19-13-4-3-5-18-14(13)15(16)17/h3-8H,9H2,1-2H3,(H3,16,17). The van der Waals surface area contributed by atoms with E-state index in [4.69, 9.17) is 11.1 Å². The van der Waals surface area contributed by atoms with Crippen molar-refractivity contribution in [2.24, 2.45) is 5.73 Å². The Labute approximate surface area is 117 Å². The summed E-state index contributed by atoms with van der Waals surface area (Å²) >= 11 is 1.66. The van der Waals surface area contributed by atoms with E-state index >= 15 is 0 Å².